The molecule has 0 saturated heterocycles. The third kappa shape index (κ3) is 18.3. The molecule has 0 aromatic carbocycles. The molecule has 24 heavy (non-hydrogen) atoms. The molecule has 0 spiro atoms. The summed E-state index contributed by atoms with van der Waals surface area (Å²) in [6.45, 7) is 4.80. The van der Waals surface area contributed by atoms with Gasteiger partial charge < -0.3 is 0 Å². The third-order valence-corrected chi connectivity index (χ3v) is 5.82. The number of rotatable bonds is 19. The lowest BCUT2D eigenvalue weighted by Gasteiger charge is -2.06. The van der Waals surface area contributed by atoms with Crippen molar-refractivity contribution in [2.24, 2.45) is 0 Å². The number of unbranched alkanes of at least 4 members (excludes halogenated alkanes) is 14. The normalized spacial score (nSPS) is 11.9. The lowest BCUT2D eigenvalue weighted by molar-refractivity contribution is 0.305. The van der Waals surface area contributed by atoms with Gasteiger partial charge in [-0.1, -0.05) is 104 Å². The molecule has 0 bridgehead atoms. The largest absolute Gasteiger partial charge is 0.270 e. The predicted molar refractivity (Wildman–Crippen MR) is 105 cm³/mol. The van der Waals surface area contributed by atoms with Crippen LogP contribution in [0.3, 0.4) is 0 Å². The lowest BCUT2D eigenvalue weighted by atomic mass is 10.1. The fourth-order valence-electron chi connectivity index (χ4n) is 2.89. The van der Waals surface area contributed by atoms with Gasteiger partial charge in [-0.25, -0.2) is 0 Å². The van der Waals surface area contributed by atoms with Crippen LogP contribution >= 0.6 is 0 Å². The van der Waals surface area contributed by atoms with Crippen molar-refractivity contribution in [3.63, 3.8) is 0 Å². The zero-order valence-corrected chi connectivity index (χ0v) is 17.2. The summed E-state index contributed by atoms with van der Waals surface area (Å²) >= 11 is 0. The molecule has 0 aliphatic rings. The van der Waals surface area contributed by atoms with Crippen LogP contribution in [0.15, 0.2) is 0 Å². The highest BCUT2D eigenvalue weighted by Crippen LogP contribution is 2.11. The van der Waals surface area contributed by atoms with Crippen LogP contribution in [-0.2, 0) is 14.3 Å². The van der Waals surface area contributed by atoms with E-state index in [9.17, 15) is 8.42 Å². The van der Waals surface area contributed by atoms with E-state index in [2.05, 4.69) is 13.8 Å². The van der Waals surface area contributed by atoms with E-state index in [4.69, 9.17) is 4.18 Å². The Bertz CT molecular complexity index is 339. The van der Waals surface area contributed by atoms with E-state index in [1.165, 1.54) is 70.6 Å². The number of hydrogen-bond donors (Lipinski definition) is 0. The summed E-state index contributed by atoms with van der Waals surface area (Å²) in [5.74, 6) is 0.191. The van der Waals surface area contributed by atoms with Gasteiger partial charge in [0.1, 0.15) is 0 Å². The minimum atomic E-state index is -3.28. The average Bonchev–Trinajstić information content (AvgIpc) is 2.56. The van der Waals surface area contributed by atoms with Crippen LogP contribution in [0, 0.1) is 0 Å². The minimum absolute atomic E-state index is 0.191. The molecule has 146 valence electrons. The Balaban J connectivity index is 3.33. The van der Waals surface area contributed by atoms with Gasteiger partial charge in [-0.15, -0.1) is 0 Å². The standard InChI is InChI=1S/C20H42O3S/c1-3-5-7-9-11-12-13-14-15-17-19-23-24(21,22)20-18-16-10-8-6-4-2/h3-20H2,1-2H3. The Morgan fingerprint density at radius 3 is 1.38 bits per heavy atom. The molecule has 0 amide bonds. The summed E-state index contributed by atoms with van der Waals surface area (Å²) in [5, 5.41) is 0. The van der Waals surface area contributed by atoms with Gasteiger partial charge in [0.05, 0.1) is 12.4 Å². The molecule has 0 atom stereocenters. The summed E-state index contributed by atoms with van der Waals surface area (Å²) in [7, 11) is -3.28. The van der Waals surface area contributed by atoms with E-state index in [0.29, 0.717) is 6.61 Å². The second-order valence-electron chi connectivity index (χ2n) is 7.03. The van der Waals surface area contributed by atoms with Crippen molar-refractivity contribution in [1.82, 2.24) is 0 Å². The van der Waals surface area contributed by atoms with Gasteiger partial charge in [-0.05, 0) is 12.8 Å². The van der Waals surface area contributed by atoms with Gasteiger partial charge in [0.15, 0.2) is 0 Å². The van der Waals surface area contributed by atoms with Crippen molar-refractivity contribution in [3.8, 4) is 0 Å². The maximum Gasteiger partial charge on any atom is 0.267 e. The van der Waals surface area contributed by atoms with Crippen molar-refractivity contribution in [1.29, 1.82) is 0 Å². The van der Waals surface area contributed by atoms with Gasteiger partial charge in [0, 0.05) is 0 Å². The Labute approximate surface area is 152 Å². The Morgan fingerprint density at radius 2 is 0.917 bits per heavy atom. The van der Waals surface area contributed by atoms with Crippen LogP contribution in [0.25, 0.3) is 0 Å². The summed E-state index contributed by atoms with van der Waals surface area (Å²) in [6.07, 6.45) is 19.1. The molecule has 0 unspecified atom stereocenters. The third-order valence-electron chi connectivity index (χ3n) is 4.51. The molecule has 0 aliphatic heterocycles. The molecule has 0 heterocycles. The summed E-state index contributed by atoms with van der Waals surface area (Å²) in [6, 6.07) is 0. The predicted octanol–water partition coefficient (Wildman–Crippen LogP) is 6.61. The highest BCUT2D eigenvalue weighted by molar-refractivity contribution is 7.86. The molecule has 4 heteroatoms. The van der Waals surface area contributed by atoms with Crippen molar-refractivity contribution in [2.45, 2.75) is 117 Å². The molecule has 0 N–H and O–H groups in total. The van der Waals surface area contributed by atoms with Gasteiger partial charge in [-0.2, -0.15) is 8.42 Å². The highest BCUT2D eigenvalue weighted by Gasteiger charge is 2.10. The van der Waals surface area contributed by atoms with Gasteiger partial charge in [-0.3, -0.25) is 4.18 Å². The minimum Gasteiger partial charge on any atom is -0.270 e. The van der Waals surface area contributed by atoms with Crippen molar-refractivity contribution < 1.29 is 12.6 Å². The summed E-state index contributed by atoms with van der Waals surface area (Å²) < 4.78 is 28.6. The number of hydrogen-bond acceptors (Lipinski definition) is 3. The monoisotopic (exact) mass is 362 g/mol. The first-order valence-corrected chi connectivity index (χ1v) is 12.1. The molecule has 0 aliphatic carbocycles. The average molecular weight is 363 g/mol. The molecule has 3 nitrogen and oxygen atoms in total. The van der Waals surface area contributed by atoms with Crippen molar-refractivity contribution in [2.75, 3.05) is 12.4 Å². The van der Waals surface area contributed by atoms with Crippen LogP contribution in [0.5, 0.6) is 0 Å². The molecular formula is C20H42O3S. The maximum absolute atomic E-state index is 11.8. The first kappa shape index (κ1) is 23.9. The molecule has 0 radical (unpaired) electrons. The Morgan fingerprint density at radius 1 is 0.542 bits per heavy atom. The second-order valence-corrected chi connectivity index (χ2v) is 8.79. The first-order valence-electron chi connectivity index (χ1n) is 10.5. The lowest BCUT2D eigenvalue weighted by Crippen LogP contribution is -2.11. The van der Waals surface area contributed by atoms with E-state index in [0.717, 1.165) is 32.1 Å². The fourth-order valence-corrected chi connectivity index (χ4v) is 3.94. The van der Waals surface area contributed by atoms with Crippen molar-refractivity contribution in [3.05, 3.63) is 0 Å². The van der Waals surface area contributed by atoms with Crippen LogP contribution in [0.1, 0.15) is 117 Å². The summed E-state index contributed by atoms with van der Waals surface area (Å²) in [5.41, 5.74) is 0. The zero-order chi connectivity index (χ0) is 17.9. The molecule has 0 rings (SSSR count). The molecule has 0 fully saturated rings. The quantitative estimate of drug-likeness (QED) is 0.192. The van der Waals surface area contributed by atoms with E-state index in [-0.39, 0.29) is 5.75 Å². The zero-order valence-electron chi connectivity index (χ0n) is 16.4. The summed E-state index contributed by atoms with van der Waals surface area (Å²) in [4.78, 5) is 0. The van der Waals surface area contributed by atoms with Gasteiger partial charge in [0.25, 0.3) is 10.1 Å². The SMILES string of the molecule is CCCCCCCCCCCCOS(=O)(=O)CCCCCCCC. The van der Waals surface area contributed by atoms with E-state index >= 15 is 0 Å². The Hall–Kier alpha value is -0.0900. The molecule has 0 aromatic rings. The topological polar surface area (TPSA) is 43.4 Å². The molecule has 0 aromatic heterocycles. The van der Waals surface area contributed by atoms with E-state index in [1.54, 1.807) is 0 Å². The van der Waals surface area contributed by atoms with Crippen molar-refractivity contribution >= 4 is 10.1 Å². The maximum atomic E-state index is 11.8. The van der Waals surface area contributed by atoms with Crippen LogP contribution in [-0.4, -0.2) is 20.8 Å². The van der Waals surface area contributed by atoms with Gasteiger partial charge >= 0.3 is 0 Å². The first-order chi connectivity index (χ1) is 11.6. The van der Waals surface area contributed by atoms with Gasteiger partial charge in [0.2, 0.25) is 0 Å². The van der Waals surface area contributed by atoms with E-state index in [1.807, 2.05) is 0 Å². The molecule has 0 saturated carbocycles. The van der Waals surface area contributed by atoms with Crippen LogP contribution in [0.4, 0.5) is 0 Å². The second kappa shape index (κ2) is 17.7. The van der Waals surface area contributed by atoms with Crippen LogP contribution in [0.2, 0.25) is 0 Å². The highest BCUT2D eigenvalue weighted by atomic mass is 32.2. The smallest absolute Gasteiger partial charge is 0.267 e. The van der Waals surface area contributed by atoms with Crippen LogP contribution < -0.4 is 0 Å². The fraction of sp³-hybridized carbons (Fsp3) is 1.00. The molecular weight excluding hydrogens is 320 g/mol. The Kier molecular flexibility index (Phi) is 17.7. The van der Waals surface area contributed by atoms with E-state index < -0.39 is 10.1 Å².